The molecular weight excluding hydrogens is 407 g/mol. The number of thioether (sulfide) groups is 1. The first-order valence-corrected chi connectivity index (χ1v) is 9.97. The maximum Gasteiger partial charge on any atom is 0.421 e. The molecule has 4 N–H and O–H groups in total. The first-order chi connectivity index (χ1) is 13.6. The van der Waals surface area contributed by atoms with Crippen LogP contribution in [0.4, 0.5) is 13.2 Å². The maximum absolute atomic E-state index is 13.6. The van der Waals surface area contributed by atoms with Crippen LogP contribution in [-0.2, 0) is 10.4 Å². The van der Waals surface area contributed by atoms with E-state index in [9.17, 15) is 23.1 Å². The highest BCUT2D eigenvalue weighted by Gasteiger charge is 2.54. The molecule has 0 aliphatic heterocycles. The molecule has 0 saturated carbocycles. The average molecular weight is 429 g/mol. The van der Waals surface area contributed by atoms with Gasteiger partial charge in [-0.2, -0.15) is 24.9 Å². The minimum Gasteiger partial charge on any atom is -0.480 e. The zero-order valence-electron chi connectivity index (χ0n) is 15.4. The molecule has 2 aromatic carbocycles. The van der Waals surface area contributed by atoms with E-state index in [0.29, 0.717) is 11.5 Å². The SMILES string of the molecule is NC(CCSCCC(O)(c1ccc(Oc2ccccc2)cc1)C(F)(F)F)C(=O)O. The van der Waals surface area contributed by atoms with E-state index in [0.717, 1.165) is 11.8 Å². The number of carbonyl (C=O) groups is 1. The Morgan fingerprint density at radius 1 is 1.03 bits per heavy atom. The van der Waals surface area contributed by atoms with Gasteiger partial charge in [0, 0.05) is 0 Å². The highest BCUT2D eigenvalue weighted by molar-refractivity contribution is 7.99. The summed E-state index contributed by atoms with van der Waals surface area (Å²) in [7, 11) is 0. The minimum absolute atomic E-state index is 0.00931. The van der Waals surface area contributed by atoms with Crippen LogP contribution in [0.15, 0.2) is 54.6 Å². The number of para-hydroxylation sites is 1. The van der Waals surface area contributed by atoms with E-state index in [1.54, 1.807) is 24.3 Å². The third-order valence-electron chi connectivity index (χ3n) is 4.28. The summed E-state index contributed by atoms with van der Waals surface area (Å²) in [6.07, 6.45) is -5.30. The molecule has 158 valence electrons. The van der Waals surface area contributed by atoms with Crippen LogP contribution in [0.2, 0.25) is 0 Å². The van der Waals surface area contributed by atoms with Crippen molar-refractivity contribution in [3.8, 4) is 11.5 Å². The number of carboxylic acid groups (broad SMARTS) is 1. The number of nitrogens with two attached hydrogens (primary N) is 1. The zero-order valence-corrected chi connectivity index (χ0v) is 16.2. The molecule has 0 heterocycles. The van der Waals surface area contributed by atoms with Gasteiger partial charge in [-0.3, -0.25) is 4.79 Å². The Hall–Kier alpha value is -2.23. The summed E-state index contributed by atoms with van der Waals surface area (Å²) in [6.45, 7) is 0. The van der Waals surface area contributed by atoms with Crippen LogP contribution < -0.4 is 10.5 Å². The molecule has 2 atom stereocenters. The van der Waals surface area contributed by atoms with Gasteiger partial charge < -0.3 is 20.7 Å². The fourth-order valence-corrected chi connectivity index (χ4v) is 3.59. The average Bonchev–Trinajstić information content (AvgIpc) is 2.67. The molecule has 0 saturated heterocycles. The van der Waals surface area contributed by atoms with Crippen LogP contribution >= 0.6 is 11.8 Å². The van der Waals surface area contributed by atoms with E-state index < -0.39 is 30.2 Å². The first-order valence-electron chi connectivity index (χ1n) is 8.82. The fraction of sp³-hybridized carbons (Fsp3) is 0.350. The van der Waals surface area contributed by atoms with Crippen molar-refractivity contribution in [3.63, 3.8) is 0 Å². The lowest BCUT2D eigenvalue weighted by atomic mass is 9.90. The second kappa shape index (κ2) is 10.00. The second-order valence-electron chi connectivity index (χ2n) is 6.39. The van der Waals surface area contributed by atoms with Gasteiger partial charge in [0.25, 0.3) is 0 Å². The Bertz CT molecular complexity index is 787. The molecule has 5 nitrogen and oxygen atoms in total. The van der Waals surface area contributed by atoms with Crippen molar-refractivity contribution in [2.45, 2.75) is 30.7 Å². The number of aliphatic hydroxyl groups is 1. The van der Waals surface area contributed by atoms with Gasteiger partial charge >= 0.3 is 12.1 Å². The molecule has 0 bridgehead atoms. The summed E-state index contributed by atoms with van der Waals surface area (Å²) in [4.78, 5) is 10.6. The van der Waals surface area contributed by atoms with Gasteiger partial charge in [-0.1, -0.05) is 30.3 Å². The van der Waals surface area contributed by atoms with Crippen molar-refractivity contribution in [2.24, 2.45) is 5.73 Å². The quantitative estimate of drug-likeness (QED) is 0.492. The molecule has 2 unspecified atom stereocenters. The number of hydrogen-bond donors (Lipinski definition) is 3. The number of hydrogen-bond acceptors (Lipinski definition) is 5. The number of aliphatic carboxylic acids is 1. The number of carboxylic acids is 1. The van der Waals surface area contributed by atoms with E-state index >= 15 is 0 Å². The number of rotatable bonds is 10. The zero-order chi connectivity index (χ0) is 21.5. The molecular formula is C20H22F3NO4S. The van der Waals surface area contributed by atoms with Crippen LogP contribution in [0.5, 0.6) is 11.5 Å². The predicted octanol–water partition coefficient (Wildman–Crippen LogP) is 4.15. The van der Waals surface area contributed by atoms with Gasteiger partial charge in [-0.05, 0) is 54.2 Å². The van der Waals surface area contributed by atoms with Crippen molar-refractivity contribution in [1.29, 1.82) is 0 Å². The lowest BCUT2D eigenvalue weighted by Crippen LogP contribution is -2.42. The van der Waals surface area contributed by atoms with E-state index in [1.807, 2.05) is 6.07 Å². The molecule has 0 spiro atoms. The normalized spacial score (nSPS) is 14.8. The molecule has 0 radical (unpaired) electrons. The summed E-state index contributed by atoms with van der Waals surface area (Å²) in [5.41, 5.74) is 2.06. The summed E-state index contributed by atoms with van der Waals surface area (Å²) in [6, 6.07) is 12.9. The highest BCUT2D eigenvalue weighted by Crippen LogP contribution is 2.42. The molecule has 29 heavy (non-hydrogen) atoms. The summed E-state index contributed by atoms with van der Waals surface area (Å²) in [5, 5.41) is 19.1. The van der Waals surface area contributed by atoms with Crippen LogP contribution in [0.25, 0.3) is 0 Å². The predicted molar refractivity (Wildman–Crippen MR) is 105 cm³/mol. The van der Waals surface area contributed by atoms with Crippen LogP contribution in [0, 0.1) is 0 Å². The molecule has 9 heteroatoms. The Balaban J connectivity index is 2.02. The molecule has 0 aliphatic rings. The Morgan fingerprint density at radius 2 is 1.62 bits per heavy atom. The Morgan fingerprint density at radius 3 is 2.17 bits per heavy atom. The molecule has 2 aromatic rings. The molecule has 0 amide bonds. The van der Waals surface area contributed by atoms with Gasteiger partial charge in [0.1, 0.15) is 17.5 Å². The van der Waals surface area contributed by atoms with Gasteiger partial charge in [0.15, 0.2) is 5.60 Å². The van der Waals surface area contributed by atoms with Crippen molar-refractivity contribution in [3.05, 3.63) is 60.2 Å². The molecule has 2 rings (SSSR count). The van der Waals surface area contributed by atoms with E-state index in [-0.39, 0.29) is 23.5 Å². The van der Waals surface area contributed by atoms with Gasteiger partial charge in [0.05, 0.1) is 0 Å². The second-order valence-corrected chi connectivity index (χ2v) is 7.62. The number of ether oxygens (including phenoxy) is 1. The lowest BCUT2D eigenvalue weighted by Gasteiger charge is -2.31. The Kier molecular flexibility index (Phi) is 7.95. The number of alkyl halides is 3. The lowest BCUT2D eigenvalue weighted by molar-refractivity contribution is -0.267. The molecule has 0 aliphatic carbocycles. The summed E-state index contributed by atoms with van der Waals surface area (Å²) >= 11 is 1.11. The standard InChI is InChI=1S/C20H22F3NO4S/c21-20(22,23)19(27,11-13-29-12-10-17(24)18(25)26)14-6-8-16(9-7-14)28-15-4-2-1-3-5-15/h1-9,17,27H,10-13,24H2,(H,25,26). The molecule has 0 fully saturated rings. The monoisotopic (exact) mass is 429 g/mol. The van der Waals surface area contributed by atoms with Crippen molar-refractivity contribution in [2.75, 3.05) is 11.5 Å². The topological polar surface area (TPSA) is 92.8 Å². The van der Waals surface area contributed by atoms with Crippen LogP contribution in [-0.4, -0.2) is 39.9 Å². The van der Waals surface area contributed by atoms with Crippen LogP contribution in [0.3, 0.4) is 0 Å². The fourth-order valence-electron chi connectivity index (χ4n) is 2.53. The Labute approximate surface area is 170 Å². The van der Waals surface area contributed by atoms with Crippen molar-refractivity contribution >= 4 is 17.7 Å². The van der Waals surface area contributed by atoms with E-state index in [1.165, 1.54) is 24.3 Å². The minimum atomic E-state index is -4.87. The van der Waals surface area contributed by atoms with Crippen LogP contribution in [0.1, 0.15) is 18.4 Å². The largest absolute Gasteiger partial charge is 0.480 e. The number of halogens is 3. The highest BCUT2D eigenvalue weighted by atomic mass is 32.2. The van der Waals surface area contributed by atoms with E-state index in [4.69, 9.17) is 15.6 Å². The molecule has 0 aromatic heterocycles. The summed E-state index contributed by atoms with van der Waals surface area (Å²) < 4.78 is 46.3. The third-order valence-corrected chi connectivity index (χ3v) is 5.30. The smallest absolute Gasteiger partial charge is 0.421 e. The summed E-state index contributed by atoms with van der Waals surface area (Å²) in [5.74, 6) is 0.00889. The third kappa shape index (κ3) is 6.38. The van der Waals surface area contributed by atoms with E-state index in [2.05, 4.69) is 0 Å². The maximum atomic E-state index is 13.6. The van der Waals surface area contributed by atoms with Gasteiger partial charge in [0.2, 0.25) is 0 Å². The van der Waals surface area contributed by atoms with Gasteiger partial charge in [-0.25, -0.2) is 0 Å². The van der Waals surface area contributed by atoms with Gasteiger partial charge in [-0.15, -0.1) is 0 Å². The van der Waals surface area contributed by atoms with Crippen molar-refractivity contribution < 1.29 is 32.9 Å². The first kappa shape index (κ1) is 23.1. The number of benzene rings is 2. The van der Waals surface area contributed by atoms with Crippen molar-refractivity contribution in [1.82, 2.24) is 0 Å².